The minimum absolute atomic E-state index is 0.136. The van der Waals surface area contributed by atoms with Gasteiger partial charge in [-0.05, 0) is 17.7 Å². The fourth-order valence-electron chi connectivity index (χ4n) is 1.89. The van der Waals surface area contributed by atoms with E-state index in [0.717, 1.165) is 5.56 Å². The summed E-state index contributed by atoms with van der Waals surface area (Å²) in [6, 6.07) is 14.2. The van der Waals surface area contributed by atoms with Crippen molar-refractivity contribution in [1.82, 2.24) is 0 Å². The van der Waals surface area contributed by atoms with Gasteiger partial charge < -0.3 is 15.8 Å². The predicted molar refractivity (Wildman–Crippen MR) is 74.8 cm³/mol. The van der Waals surface area contributed by atoms with Gasteiger partial charge in [-0.2, -0.15) is 0 Å². The molecule has 2 aromatic carbocycles. The Labute approximate surface area is 112 Å². The molecule has 3 nitrogen and oxygen atoms in total. The van der Waals surface area contributed by atoms with Crippen LogP contribution in [0.3, 0.4) is 0 Å². The average molecular weight is 260 g/mol. The first kappa shape index (κ1) is 13.4. The molecule has 0 saturated carbocycles. The van der Waals surface area contributed by atoms with E-state index in [1.807, 2.05) is 30.3 Å². The smallest absolute Gasteiger partial charge is 0.146 e. The molecule has 2 aromatic rings. The minimum atomic E-state index is -0.324. The van der Waals surface area contributed by atoms with Crippen LogP contribution in [0.5, 0.6) is 5.75 Å². The summed E-state index contributed by atoms with van der Waals surface area (Å²) in [4.78, 5) is 0. The number of halogens is 1. The van der Waals surface area contributed by atoms with Gasteiger partial charge in [0, 0.05) is 12.6 Å². The number of anilines is 1. The van der Waals surface area contributed by atoms with Crippen LogP contribution >= 0.6 is 0 Å². The Bertz CT molecular complexity index is 531. The highest BCUT2D eigenvalue weighted by Gasteiger charge is 2.12. The number of benzene rings is 2. The summed E-state index contributed by atoms with van der Waals surface area (Å²) in [6.07, 6.45) is 0. The molecule has 0 radical (unpaired) electrons. The van der Waals surface area contributed by atoms with E-state index >= 15 is 0 Å². The number of hydrogen-bond donors (Lipinski definition) is 2. The van der Waals surface area contributed by atoms with E-state index in [2.05, 4.69) is 5.32 Å². The summed E-state index contributed by atoms with van der Waals surface area (Å²) in [7, 11) is 1.55. The predicted octanol–water partition coefficient (Wildman–Crippen LogP) is 2.95. The van der Waals surface area contributed by atoms with E-state index in [1.165, 1.54) is 6.07 Å². The number of nitrogens with one attached hydrogen (secondary N) is 1. The van der Waals surface area contributed by atoms with E-state index in [1.54, 1.807) is 19.2 Å². The van der Waals surface area contributed by atoms with Gasteiger partial charge in [0.1, 0.15) is 11.6 Å². The molecule has 0 amide bonds. The summed E-state index contributed by atoms with van der Waals surface area (Å²) in [6.45, 7) is 0.376. The van der Waals surface area contributed by atoms with Crippen molar-refractivity contribution in [3.8, 4) is 5.75 Å². The van der Waals surface area contributed by atoms with Crippen molar-refractivity contribution < 1.29 is 9.13 Å². The van der Waals surface area contributed by atoms with Crippen LogP contribution < -0.4 is 15.8 Å². The Morgan fingerprint density at radius 2 is 1.95 bits per heavy atom. The largest absolute Gasteiger partial charge is 0.497 e. The Morgan fingerprint density at radius 3 is 2.58 bits per heavy atom. The van der Waals surface area contributed by atoms with Gasteiger partial charge in [0.15, 0.2) is 0 Å². The first-order chi connectivity index (χ1) is 9.24. The van der Waals surface area contributed by atoms with Crippen LogP contribution in [0.25, 0.3) is 0 Å². The van der Waals surface area contributed by atoms with Gasteiger partial charge in [-0.3, -0.25) is 0 Å². The molecule has 0 saturated heterocycles. The summed E-state index contributed by atoms with van der Waals surface area (Å²) >= 11 is 0. The molecular weight excluding hydrogens is 243 g/mol. The molecule has 0 heterocycles. The maximum Gasteiger partial charge on any atom is 0.146 e. The molecule has 100 valence electrons. The molecule has 0 aliphatic heterocycles. The molecule has 0 aliphatic carbocycles. The number of rotatable bonds is 5. The molecule has 1 atom stereocenters. The Hall–Kier alpha value is -2.07. The maximum absolute atomic E-state index is 13.8. The van der Waals surface area contributed by atoms with Gasteiger partial charge in [-0.15, -0.1) is 0 Å². The van der Waals surface area contributed by atoms with Crippen LogP contribution in [-0.2, 0) is 0 Å². The molecule has 0 aliphatic rings. The standard InChI is InChI=1S/C15H17FN2O/c1-19-12-7-8-13(16)14(9-12)18-15(10-17)11-5-3-2-4-6-11/h2-9,15,18H,10,17H2,1H3. The van der Waals surface area contributed by atoms with Crippen molar-refractivity contribution in [2.24, 2.45) is 5.73 Å². The SMILES string of the molecule is COc1ccc(F)c(NC(CN)c2ccccc2)c1. The summed E-state index contributed by atoms with van der Waals surface area (Å²) in [5, 5.41) is 3.11. The average Bonchev–Trinajstić information content (AvgIpc) is 2.47. The van der Waals surface area contributed by atoms with E-state index in [-0.39, 0.29) is 11.9 Å². The highest BCUT2D eigenvalue weighted by molar-refractivity contribution is 5.51. The molecular formula is C15H17FN2O. The monoisotopic (exact) mass is 260 g/mol. The summed E-state index contributed by atoms with van der Waals surface area (Å²) in [5.74, 6) is 0.280. The number of methoxy groups -OCH3 is 1. The molecule has 0 spiro atoms. The zero-order valence-electron chi connectivity index (χ0n) is 10.8. The third kappa shape index (κ3) is 3.23. The van der Waals surface area contributed by atoms with Crippen LogP contribution in [0.1, 0.15) is 11.6 Å². The van der Waals surface area contributed by atoms with Gasteiger partial charge in [-0.25, -0.2) is 4.39 Å². The van der Waals surface area contributed by atoms with Crippen molar-refractivity contribution in [2.45, 2.75) is 6.04 Å². The van der Waals surface area contributed by atoms with Crippen LogP contribution in [0.15, 0.2) is 48.5 Å². The van der Waals surface area contributed by atoms with Crippen LogP contribution in [0, 0.1) is 5.82 Å². The lowest BCUT2D eigenvalue weighted by Crippen LogP contribution is -2.21. The van der Waals surface area contributed by atoms with E-state index < -0.39 is 0 Å². The first-order valence-corrected chi connectivity index (χ1v) is 6.09. The highest BCUT2D eigenvalue weighted by atomic mass is 19.1. The van der Waals surface area contributed by atoms with E-state index in [0.29, 0.717) is 18.0 Å². The zero-order chi connectivity index (χ0) is 13.7. The highest BCUT2D eigenvalue weighted by Crippen LogP contribution is 2.25. The Morgan fingerprint density at radius 1 is 1.21 bits per heavy atom. The Balaban J connectivity index is 2.23. The number of nitrogens with two attached hydrogens (primary N) is 1. The van der Waals surface area contributed by atoms with Crippen molar-refractivity contribution in [2.75, 3.05) is 19.0 Å². The lowest BCUT2D eigenvalue weighted by Gasteiger charge is -2.19. The van der Waals surface area contributed by atoms with Crippen LogP contribution in [-0.4, -0.2) is 13.7 Å². The summed E-state index contributed by atoms with van der Waals surface area (Å²) < 4.78 is 18.9. The third-order valence-corrected chi connectivity index (χ3v) is 2.94. The fourth-order valence-corrected chi connectivity index (χ4v) is 1.89. The number of hydrogen-bond acceptors (Lipinski definition) is 3. The molecule has 0 bridgehead atoms. The van der Waals surface area contributed by atoms with Crippen molar-refractivity contribution in [3.63, 3.8) is 0 Å². The van der Waals surface area contributed by atoms with Crippen LogP contribution in [0.4, 0.5) is 10.1 Å². The lowest BCUT2D eigenvalue weighted by molar-refractivity contribution is 0.414. The maximum atomic E-state index is 13.8. The van der Waals surface area contributed by atoms with E-state index in [9.17, 15) is 4.39 Å². The lowest BCUT2D eigenvalue weighted by atomic mass is 10.1. The molecule has 19 heavy (non-hydrogen) atoms. The second-order valence-electron chi connectivity index (χ2n) is 4.19. The first-order valence-electron chi connectivity index (χ1n) is 6.09. The van der Waals surface area contributed by atoms with Crippen molar-refractivity contribution >= 4 is 5.69 Å². The third-order valence-electron chi connectivity index (χ3n) is 2.94. The van der Waals surface area contributed by atoms with Crippen molar-refractivity contribution in [1.29, 1.82) is 0 Å². The second kappa shape index (κ2) is 6.20. The zero-order valence-corrected chi connectivity index (χ0v) is 10.8. The molecule has 0 aromatic heterocycles. The van der Waals surface area contributed by atoms with Gasteiger partial charge in [0.25, 0.3) is 0 Å². The second-order valence-corrected chi connectivity index (χ2v) is 4.19. The Kier molecular flexibility index (Phi) is 4.36. The van der Waals surface area contributed by atoms with Crippen LogP contribution in [0.2, 0.25) is 0 Å². The van der Waals surface area contributed by atoms with Gasteiger partial charge in [0.05, 0.1) is 18.8 Å². The quantitative estimate of drug-likeness (QED) is 0.869. The normalized spacial score (nSPS) is 11.9. The summed E-state index contributed by atoms with van der Waals surface area (Å²) in [5.41, 5.74) is 7.17. The van der Waals surface area contributed by atoms with E-state index in [4.69, 9.17) is 10.5 Å². The molecule has 0 fully saturated rings. The van der Waals surface area contributed by atoms with Crippen molar-refractivity contribution in [3.05, 3.63) is 59.9 Å². The molecule has 3 N–H and O–H groups in total. The minimum Gasteiger partial charge on any atom is -0.497 e. The van der Waals surface area contributed by atoms with Gasteiger partial charge >= 0.3 is 0 Å². The topological polar surface area (TPSA) is 47.3 Å². The fraction of sp³-hybridized carbons (Fsp3) is 0.200. The molecule has 1 unspecified atom stereocenters. The number of ether oxygens (including phenoxy) is 1. The molecule has 2 rings (SSSR count). The van der Waals surface area contributed by atoms with Gasteiger partial charge in [0.2, 0.25) is 0 Å². The van der Waals surface area contributed by atoms with Gasteiger partial charge in [-0.1, -0.05) is 30.3 Å². The molecule has 4 heteroatoms.